The van der Waals surface area contributed by atoms with E-state index in [1.807, 2.05) is 0 Å². The van der Waals surface area contributed by atoms with E-state index < -0.39 is 11.7 Å². The third-order valence-electron chi connectivity index (χ3n) is 2.96. The molecule has 0 aromatic heterocycles. The highest BCUT2D eigenvalue weighted by atomic mass is 35.5. The van der Waals surface area contributed by atoms with E-state index in [-0.39, 0.29) is 5.56 Å². The number of benzene rings is 2. The Morgan fingerprint density at radius 3 is 2.50 bits per heavy atom. The van der Waals surface area contributed by atoms with Gasteiger partial charge in [-0.05, 0) is 37.1 Å². The van der Waals surface area contributed by atoms with Crippen LogP contribution in [0.5, 0.6) is 0 Å². The van der Waals surface area contributed by atoms with Gasteiger partial charge < -0.3 is 5.32 Å². The van der Waals surface area contributed by atoms with Gasteiger partial charge in [0.25, 0.3) is 5.91 Å². The van der Waals surface area contributed by atoms with Crippen LogP contribution in [0.1, 0.15) is 21.5 Å². The Hall–Kier alpha value is -1.58. The summed E-state index contributed by atoms with van der Waals surface area (Å²) in [4.78, 5) is 12.1. The minimum atomic E-state index is -0.583. The number of nitrogens with one attached hydrogen (secondary N) is 1. The molecule has 20 heavy (non-hydrogen) atoms. The van der Waals surface area contributed by atoms with Crippen LogP contribution in [0, 0.1) is 19.7 Å². The van der Waals surface area contributed by atoms with Crippen LogP contribution in [-0.2, 0) is 0 Å². The second-order valence-corrected chi connectivity index (χ2v) is 5.23. The van der Waals surface area contributed by atoms with E-state index in [9.17, 15) is 9.18 Å². The molecular weight excluding hydrogens is 300 g/mol. The van der Waals surface area contributed by atoms with Crippen molar-refractivity contribution < 1.29 is 9.18 Å². The molecule has 104 valence electrons. The molecule has 2 aromatic carbocycles. The molecule has 5 heteroatoms. The third-order valence-corrected chi connectivity index (χ3v) is 3.76. The van der Waals surface area contributed by atoms with Gasteiger partial charge in [0.15, 0.2) is 0 Å². The number of hydrogen-bond acceptors (Lipinski definition) is 1. The molecule has 2 aromatic rings. The molecule has 0 aliphatic rings. The fourth-order valence-electron chi connectivity index (χ4n) is 1.77. The summed E-state index contributed by atoms with van der Waals surface area (Å²) < 4.78 is 13.9. The van der Waals surface area contributed by atoms with Crippen LogP contribution in [-0.4, -0.2) is 5.91 Å². The van der Waals surface area contributed by atoms with Crippen molar-refractivity contribution in [1.29, 1.82) is 0 Å². The Labute approximate surface area is 126 Å². The van der Waals surface area contributed by atoms with Gasteiger partial charge in [0.2, 0.25) is 0 Å². The van der Waals surface area contributed by atoms with Gasteiger partial charge in [0.05, 0.1) is 21.3 Å². The quantitative estimate of drug-likeness (QED) is 0.830. The molecule has 0 unspecified atom stereocenters. The summed E-state index contributed by atoms with van der Waals surface area (Å²) in [7, 11) is 0. The number of carbonyl (C=O) groups is 1. The summed E-state index contributed by atoms with van der Waals surface area (Å²) in [6, 6.07) is 8.00. The highest BCUT2D eigenvalue weighted by Crippen LogP contribution is 2.33. The minimum Gasteiger partial charge on any atom is -0.319 e. The van der Waals surface area contributed by atoms with E-state index in [0.717, 1.165) is 5.56 Å². The summed E-state index contributed by atoms with van der Waals surface area (Å²) in [5.74, 6) is -1.13. The van der Waals surface area contributed by atoms with Crippen molar-refractivity contribution >= 4 is 34.8 Å². The van der Waals surface area contributed by atoms with Crippen LogP contribution < -0.4 is 5.32 Å². The van der Waals surface area contributed by atoms with Crippen molar-refractivity contribution in [2.24, 2.45) is 0 Å². The van der Waals surface area contributed by atoms with E-state index in [2.05, 4.69) is 5.32 Å². The Balaban J connectivity index is 2.38. The first-order chi connectivity index (χ1) is 9.41. The van der Waals surface area contributed by atoms with Crippen LogP contribution in [0.2, 0.25) is 10.0 Å². The summed E-state index contributed by atoms with van der Waals surface area (Å²) in [5, 5.41) is 3.21. The van der Waals surface area contributed by atoms with Crippen molar-refractivity contribution in [2.45, 2.75) is 13.8 Å². The molecule has 0 spiro atoms. The molecule has 0 aliphatic heterocycles. The van der Waals surface area contributed by atoms with Crippen molar-refractivity contribution in [3.8, 4) is 0 Å². The molecule has 0 radical (unpaired) electrons. The highest BCUT2D eigenvalue weighted by Gasteiger charge is 2.16. The molecule has 0 saturated heterocycles. The van der Waals surface area contributed by atoms with Gasteiger partial charge in [-0.1, -0.05) is 41.4 Å². The number of aryl methyl sites for hydroxylation is 2. The number of rotatable bonds is 2. The number of carbonyl (C=O) groups excluding carboxylic acids is 1. The van der Waals surface area contributed by atoms with Crippen molar-refractivity contribution in [3.63, 3.8) is 0 Å². The maximum Gasteiger partial charge on any atom is 0.258 e. The summed E-state index contributed by atoms with van der Waals surface area (Å²) >= 11 is 12.1. The molecule has 1 amide bonds. The highest BCUT2D eigenvalue weighted by molar-refractivity contribution is 6.40. The first kappa shape index (κ1) is 14.8. The number of amides is 1. The average molecular weight is 312 g/mol. The molecule has 1 N–H and O–H groups in total. The van der Waals surface area contributed by atoms with Crippen LogP contribution >= 0.6 is 23.2 Å². The number of halogens is 3. The second-order valence-electron chi connectivity index (χ2n) is 4.44. The molecule has 0 aliphatic carbocycles. The van der Waals surface area contributed by atoms with E-state index in [4.69, 9.17) is 23.2 Å². The van der Waals surface area contributed by atoms with Gasteiger partial charge >= 0.3 is 0 Å². The van der Waals surface area contributed by atoms with Crippen molar-refractivity contribution in [1.82, 2.24) is 0 Å². The Morgan fingerprint density at radius 1 is 1.10 bits per heavy atom. The lowest BCUT2D eigenvalue weighted by molar-refractivity contribution is 0.102. The molecular formula is C15H12Cl2FNO. The third kappa shape index (κ3) is 2.79. The molecule has 2 nitrogen and oxygen atoms in total. The smallest absolute Gasteiger partial charge is 0.258 e. The SMILES string of the molecule is Cc1cccc(C(=O)Nc2c(Cl)ccc(C)c2Cl)c1F. The zero-order chi connectivity index (χ0) is 14.9. The van der Waals surface area contributed by atoms with E-state index in [1.165, 1.54) is 6.07 Å². The molecule has 0 saturated carbocycles. The monoisotopic (exact) mass is 311 g/mol. The van der Waals surface area contributed by atoms with E-state index >= 15 is 0 Å². The summed E-state index contributed by atoms with van der Waals surface area (Å²) in [6.07, 6.45) is 0. The van der Waals surface area contributed by atoms with Crippen molar-refractivity contribution in [3.05, 3.63) is 62.9 Å². The zero-order valence-corrected chi connectivity index (χ0v) is 12.4. The summed E-state index contributed by atoms with van der Waals surface area (Å²) in [5.41, 5.74) is 1.42. The summed E-state index contributed by atoms with van der Waals surface area (Å²) in [6.45, 7) is 3.39. The first-order valence-corrected chi connectivity index (χ1v) is 6.68. The Bertz CT molecular complexity index is 686. The normalized spacial score (nSPS) is 10.4. The molecule has 0 bridgehead atoms. The van der Waals surface area contributed by atoms with Gasteiger partial charge in [-0.15, -0.1) is 0 Å². The van der Waals surface area contributed by atoms with Gasteiger partial charge in [0, 0.05) is 0 Å². The van der Waals surface area contributed by atoms with Crippen LogP contribution in [0.3, 0.4) is 0 Å². The predicted octanol–water partition coefficient (Wildman–Crippen LogP) is 5.00. The van der Waals surface area contributed by atoms with Crippen LogP contribution in [0.15, 0.2) is 30.3 Å². The van der Waals surface area contributed by atoms with Crippen LogP contribution in [0.4, 0.5) is 10.1 Å². The number of anilines is 1. The van der Waals surface area contributed by atoms with E-state index in [1.54, 1.807) is 38.1 Å². The van der Waals surface area contributed by atoms with Crippen LogP contribution in [0.25, 0.3) is 0 Å². The fraction of sp³-hybridized carbons (Fsp3) is 0.133. The lowest BCUT2D eigenvalue weighted by Crippen LogP contribution is -2.15. The van der Waals surface area contributed by atoms with Gasteiger partial charge in [-0.3, -0.25) is 4.79 Å². The molecule has 0 fully saturated rings. The number of hydrogen-bond donors (Lipinski definition) is 1. The molecule has 2 rings (SSSR count). The maximum atomic E-state index is 13.9. The van der Waals surface area contributed by atoms with Gasteiger partial charge in [0.1, 0.15) is 5.82 Å². The predicted molar refractivity (Wildman–Crippen MR) is 80.3 cm³/mol. The lowest BCUT2D eigenvalue weighted by atomic mass is 10.1. The second kappa shape index (κ2) is 5.81. The Morgan fingerprint density at radius 2 is 1.80 bits per heavy atom. The van der Waals surface area contributed by atoms with Crippen molar-refractivity contribution in [2.75, 3.05) is 5.32 Å². The fourth-order valence-corrected chi connectivity index (χ4v) is 2.24. The maximum absolute atomic E-state index is 13.9. The van der Waals surface area contributed by atoms with Gasteiger partial charge in [-0.25, -0.2) is 4.39 Å². The van der Waals surface area contributed by atoms with E-state index in [0.29, 0.717) is 21.3 Å². The molecule has 0 atom stereocenters. The Kier molecular flexibility index (Phi) is 4.31. The average Bonchev–Trinajstić information content (AvgIpc) is 2.42. The topological polar surface area (TPSA) is 29.1 Å². The largest absolute Gasteiger partial charge is 0.319 e. The lowest BCUT2D eigenvalue weighted by Gasteiger charge is -2.12. The van der Waals surface area contributed by atoms with Gasteiger partial charge in [-0.2, -0.15) is 0 Å². The first-order valence-electron chi connectivity index (χ1n) is 5.93. The molecule has 0 heterocycles. The minimum absolute atomic E-state index is 0.0429. The zero-order valence-electron chi connectivity index (χ0n) is 10.9. The standard InChI is InChI=1S/C15H12Cl2FNO/c1-8-6-7-11(16)14(12(8)17)19-15(20)10-5-3-4-9(2)13(10)18/h3-7H,1-2H3,(H,19,20).